The van der Waals surface area contributed by atoms with Crippen LogP contribution >= 0.6 is 0 Å². The monoisotopic (exact) mass is 206 g/mol. The number of benzene rings is 1. The average molecular weight is 206 g/mol. The van der Waals surface area contributed by atoms with Crippen molar-refractivity contribution in [3.8, 4) is 0 Å². The third-order valence-electron chi connectivity index (χ3n) is 2.99. The molecule has 0 saturated heterocycles. The van der Waals surface area contributed by atoms with Crippen LogP contribution in [0.4, 0.5) is 0 Å². The van der Waals surface area contributed by atoms with Gasteiger partial charge < -0.3 is 9.90 Å². The molecule has 0 spiro atoms. The first-order valence-electron chi connectivity index (χ1n) is 5.38. The molecule has 1 saturated carbocycles. The molecule has 0 bridgehead atoms. The lowest BCUT2D eigenvalue weighted by Gasteiger charge is -2.32. The second-order valence-corrected chi connectivity index (χ2v) is 3.96. The predicted octanol–water partition coefficient (Wildman–Crippen LogP) is 2.65. The fourth-order valence-corrected chi connectivity index (χ4v) is 2.17. The molecule has 82 valence electrons. The molecule has 0 amide bonds. The minimum Gasteiger partial charge on any atom is -0.385 e. The molecular weight excluding hydrogens is 188 g/mol. The van der Waals surface area contributed by atoms with Crippen LogP contribution in [-0.2, 0) is 10.4 Å². The predicted molar refractivity (Wildman–Crippen MR) is 60.5 cm³/mol. The molecule has 2 rings (SSSR count). The van der Waals surface area contributed by atoms with Crippen LogP contribution in [-0.4, -0.2) is 11.9 Å². The molecule has 0 aromatic heterocycles. The van der Waals surface area contributed by atoms with Crippen LogP contribution in [0.5, 0.6) is 0 Å². The SMILES string of the molecule is C=O.OC1(c2ccccc2)CCCCC1. The summed E-state index contributed by atoms with van der Waals surface area (Å²) in [6.45, 7) is 2.00. The highest BCUT2D eigenvalue weighted by Gasteiger charge is 2.30. The van der Waals surface area contributed by atoms with Crippen molar-refractivity contribution in [3.05, 3.63) is 35.9 Å². The zero-order valence-electron chi connectivity index (χ0n) is 8.98. The summed E-state index contributed by atoms with van der Waals surface area (Å²) in [7, 11) is 0. The zero-order chi connectivity index (χ0) is 11.1. The van der Waals surface area contributed by atoms with E-state index < -0.39 is 5.60 Å². The summed E-state index contributed by atoms with van der Waals surface area (Å²) in [5.41, 5.74) is 0.564. The first-order chi connectivity index (χ1) is 7.31. The topological polar surface area (TPSA) is 37.3 Å². The minimum absolute atomic E-state index is 0.528. The summed E-state index contributed by atoms with van der Waals surface area (Å²) in [6.07, 6.45) is 5.44. The van der Waals surface area contributed by atoms with Gasteiger partial charge in [0.25, 0.3) is 0 Å². The number of carbonyl (C=O) groups excluding carboxylic acids is 1. The van der Waals surface area contributed by atoms with Crippen molar-refractivity contribution >= 4 is 6.79 Å². The summed E-state index contributed by atoms with van der Waals surface area (Å²) < 4.78 is 0. The number of aliphatic hydroxyl groups is 1. The van der Waals surface area contributed by atoms with Crippen LogP contribution in [0.3, 0.4) is 0 Å². The Labute approximate surface area is 90.9 Å². The maximum absolute atomic E-state index is 10.3. The quantitative estimate of drug-likeness (QED) is 0.767. The molecule has 0 heterocycles. The molecule has 1 aliphatic rings. The number of rotatable bonds is 1. The first-order valence-corrected chi connectivity index (χ1v) is 5.38. The van der Waals surface area contributed by atoms with Gasteiger partial charge in [-0.3, -0.25) is 0 Å². The van der Waals surface area contributed by atoms with Crippen molar-refractivity contribution in [2.24, 2.45) is 0 Å². The Morgan fingerprint density at radius 1 is 1.00 bits per heavy atom. The van der Waals surface area contributed by atoms with Gasteiger partial charge in [-0.2, -0.15) is 0 Å². The van der Waals surface area contributed by atoms with Gasteiger partial charge in [0.15, 0.2) is 0 Å². The van der Waals surface area contributed by atoms with E-state index in [1.165, 1.54) is 6.42 Å². The van der Waals surface area contributed by atoms with Gasteiger partial charge in [-0.25, -0.2) is 0 Å². The highest BCUT2D eigenvalue weighted by Crippen LogP contribution is 2.36. The molecule has 1 aromatic carbocycles. The van der Waals surface area contributed by atoms with Crippen molar-refractivity contribution in [1.29, 1.82) is 0 Å². The molecule has 2 nitrogen and oxygen atoms in total. The molecule has 0 aliphatic heterocycles. The average Bonchev–Trinajstić information content (AvgIpc) is 2.34. The molecule has 1 fully saturated rings. The first kappa shape index (κ1) is 11.9. The Morgan fingerprint density at radius 3 is 2.07 bits per heavy atom. The van der Waals surface area contributed by atoms with Gasteiger partial charge in [0.2, 0.25) is 0 Å². The smallest absolute Gasteiger partial charge is 0.106 e. The lowest BCUT2D eigenvalue weighted by Crippen LogP contribution is -2.28. The largest absolute Gasteiger partial charge is 0.385 e. The maximum Gasteiger partial charge on any atom is 0.106 e. The summed E-state index contributed by atoms with van der Waals surface area (Å²) >= 11 is 0. The number of hydrogen-bond acceptors (Lipinski definition) is 2. The van der Waals surface area contributed by atoms with Crippen LogP contribution in [0.25, 0.3) is 0 Å². The van der Waals surface area contributed by atoms with E-state index in [1.807, 2.05) is 37.1 Å². The Morgan fingerprint density at radius 2 is 1.53 bits per heavy atom. The van der Waals surface area contributed by atoms with Crippen LogP contribution in [0.1, 0.15) is 37.7 Å². The second-order valence-electron chi connectivity index (χ2n) is 3.96. The molecule has 1 aromatic rings. The Kier molecular flexibility index (Phi) is 4.50. The van der Waals surface area contributed by atoms with E-state index in [-0.39, 0.29) is 0 Å². The number of carbonyl (C=O) groups is 1. The van der Waals surface area contributed by atoms with Gasteiger partial charge in [0.1, 0.15) is 6.79 Å². The third kappa shape index (κ3) is 2.90. The summed E-state index contributed by atoms with van der Waals surface area (Å²) in [5, 5.41) is 10.3. The summed E-state index contributed by atoms with van der Waals surface area (Å²) in [5.74, 6) is 0. The van der Waals surface area contributed by atoms with Crippen molar-refractivity contribution < 1.29 is 9.90 Å². The summed E-state index contributed by atoms with van der Waals surface area (Å²) in [4.78, 5) is 8.00. The molecule has 2 heteroatoms. The van der Waals surface area contributed by atoms with E-state index in [4.69, 9.17) is 4.79 Å². The van der Waals surface area contributed by atoms with Crippen LogP contribution in [0.15, 0.2) is 30.3 Å². The zero-order valence-corrected chi connectivity index (χ0v) is 8.98. The van der Waals surface area contributed by atoms with Gasteiger partial charge in [-0.1, -0.05) is 49.6 Å². The minimum atomic E-state index is -0.528. The van der Waals surface area contributed by atoms with E-state index in [9.17, 15) is 5.11 Å². The Bertz CT molecular complexity index is 276. The fraction of sp³-hybridized carbons (Fsp3) is 0.462. The van der Waals surface area contributed by atoms with E-state index in [0.29, 0.717) is 0 Å². The normalized spacial score (nSPS) is 18.7. The Hall–Kier alpha value is -1.15. The van der Waals surface area contributed by atoms with Crippen molar-refractivity contribution in [3.63, 3.8) is 0 Å². The van der Waals surface area contributed by atoms with Crippen LogP contribution < -0.4 is 0 Å². The van der Waals surface area contributed by atoms with Gasteiger partial charge >= 0.3 is 0 Å². The van der Waals surface area contributed by atoms with E-state index in [1.54, 1.807) is 0 Å². The second kappa shape index (κ2) is 5.66. The summed E-state index contributed by atoms with van der Waals surface area (Å²) in [6, 6.07) is 10.1. The van der Waals surface area contributed by atoms with Gasteiger partial charge in [-0.15, -0.1) is 0 Å². The van der Waals surface area contributed by atoms with E-state index >= 15 is 0 Å². The third-order valence-corrected chi connectivity index (χ3v) is 2.99. The van der Waals surface area contributed by atoms with E-state index in [0.717, 1.165) is 31.2 Å². The van der Waals surface area contributed by atoms with Gasteiger partial charge in [0.05, 0.1) is 5.60 Å². The maximum atomic E-state index is 10.3. The van der Waals surface area contributed by atoms with E-state index in [2.05, 4.69) is 0 Å². The fourth-order valence-electron chi connectivity index (χ4n) is 2.17. The molecule has 0 unspecified atom stereocenters. The molecule has 0 radical (unpaired) electrons. The van der Waals surface area contributed by atoms with Crippen LogP contribution in [0, 0.1) is 0 Å². The van der Waals surface area contributed by atoms with Crippen molar-refractivity contribution in [2.45, 2.75) is 37.7 Å². The lowest BCUT2D eigenvalue weighted by molar-refractivity contribution is -0.0979. The Balaban J connectivity index is 0.000000531. The van der Waals surface area contributed by atoms with Gasteiger partial charge in [-0.05, 0) is 18.4 Å². The molecule has 1 N–H and O–H groups in total. The standard InChI is InChI=1S/C12H16O.CH2O/c13-12(9-5-2-6-10-12)11-7-3-1-4-8-11;1-2/h1,3-4,7-8,13H,2,5-6,9-10H2;1H2. The van der Waals surface area contributed by atoms with Gasteiger partial charge in [0, 0.05) is 0 Å². The molecule has 0 atom stereocenters. The highest BCUT2D eigenvalue weighted by atomic mass is 16.3. The lowest BCUT2D eigenvalue weighted by atomic mass is 9.80. The van der Waals surface area contributed by atoms with Crippen LogP contribution in [0.2, 0.25) is 0 Å². The number of hydrogen-bond donors (Lipinski definition) is 1. The molecule has 15 heavy (non-hydrogen) atoms. The van der Waals surface area contributed by atoms with Crippen molar-refractivity contribution in [1.82, 2.24) is 0 Å². The molecule has 1 aliphatic carbocycles. The molecular formula is C13H18O2. The highest BCUT2D eigenvalue weighted by molar-refractivity contribution is 5.22. The van der Waals surface area contributed by atoms with Crippen molar-refractivity contribution in [2.75, 3.05) is 0 Å².